The van der Waals surface area contributed by atoms with Crippen LogP contribution in [-0.2, 0) is 19.5 Å². The summed E-state index contributed by atoms with van der Waals surface area (Å²) >= 11 is 0. The van der Waals surface area contributed by atoms with Crippen molar-refractivity contribution in [3.63, 3.8) is 0 Å². The molecule has 0 spiro atoms. The summed E-state index contributed by atoms with van der Waals surface area (Å²) in [5.41, 5.74) is 2.92. The lowest BCUT2D eigenvalue weighted by Gasteiger charge is -2.16. The predicted molar refractivity (Wildman–Crippen MR) is 127 cm³/mol. The number of halogens is 2. The fourth-order valence-electron chi connectivity index (χ4n) is 3.28. The minimum absolute atomic E-state index is 0. The standard InChI is InChI=1S/C22H29FN4O.HI/c1-4-24-22(26-14-19-12-17-7-5-6-8-21(17)28-19)25-13-16-9-10-20(23)18(11-16)15-27(2)3;/h5-11,19H,4,12-15H2,1-3H3,(H2,24,25,26);1H. The van der Waals surface area contributed by atoms with Gasteiger partial charge in [0.1, 0.15) is 17.7 Å². The molecule has 1 unspecified atom stereocenters. The minimum atomic E-state index is -0.176. The normalized spacial score (nSPS) is 15.5. The molecule has 3 rings (SSSR count). The highest BCUT2D eigenvalue weighted by Crippen LogP contribution is 2.27. The van der Waals surface area contributed by atoms with Crippen molar-refractivity contribution >= 4 is 29.9 Å². The van der Waals surface area contributed by atoms with E-state index in [1.807, 2.05) is 50.2 Å². The molecule has 0 aromatic heterocycles. The molecular formula is C22H30FIN4O. The van der Waals surface area contributed by atoms with Crippen LogP contribution in [0, 0.1) is 5.82 Å². The van der Waals surface area contributed by atoms with Crippen molar-refractivity contribution in [2.24, 2.45) is 4.99 Å². The van der Waals surface area contributed by atoms with E-state index in [0.717, 1.165) is 30.2 Å². The van der Waals surface area contributed by atoms with Gasteiger partial charge >= 0.3 is 0 Å². The summed E-state index contributed by atoms with van der Waals surface area (Å²) in [4.78, 5) is 6.60. The molecule has 0 saturated carbocycles. The summed E-state index contributed by atoms with van der Waals surface area (Å²) in [6.45, 7) is 4.54. The molecule has 0 aliphatic carbocycles. The first-order valence-electron chi connectivity index (χ1n) is 9.74. The molecular weight excluding hydrogens is 482 g/mol. The lowest BCUT2D eigenvalue weighted by Crippen LogP contribution is -2.42. The van der Waals surface area contributed by atoms with Crippen molar-refractivity contribution in [2.45, 2.75) is 32.5 Å². The Morgan fingerprint density at radius 1 is 1.21 bits per heavy atom. The second-order valence-corrected chi connectivity index (χ2v) is 7.29. The summed E-state index contributed by atoms with van der Waals surface area (Å²) in [7, 11) is 3.86. The van der Waals surface area contributed by atoms with Crippen molar-refractivity contribution in [2.75, 3.05) is 27.2 Å². The Bertz CT molecular complexity index is 803. The lowest BCUT2D eigenvalue weighted by atomic mass is 10.1. The molecule has 0 fully saturated rings. The van der Waals surface area contributed by atoms with Crippen LogP contribution >= 0.6 is 24.0 Å². The Hall–Kier alpha value is -1.87. The van der Waals surface area contributed by atoms with Gasteiger partial charge in [-0.3, -0.25) is 0 Å². The topological polar surface area (TPSA) is 48.9 Å². The third-order valence-corrected chi connectivity index (χ3v) is 4.57. The van der Waals surface area contributed by atoms with Gasteiger partial charge in [-0.25, -0.2) is 9.38 Å². The maximum atomic E-state index is 14.0. The van der Waals surface area contributed by atoms with Crippen molar-refractivity contribution in [1.82, 2.24) is 15.5 Å². The molecule has 0 saturated heterocycles. The third-order valence-electron chi connectivity index (χ3n) is 4.57. The largest absolute Gasteiger partial charge is 0.488 e. The van der Waals surface area contributed by atoms with E-state index in [0.29, 0.717) is 25.2 Å². The first-order valence-corrected chi connectivity index (χ1v) is 9.74. The highest BCUT2D eigenvalue weighted by atomic mass is 127. The van der Waals surface area contributed by atoms with Crippen LogP contribution in [0.25, 0.3) is 0 Å². The number of rotatable bonds is 7. The highest BCUT2D eigenvalue weighted by molar-refractivity contribution is 14.0. The number of hydrogen-bond acceptors (Lipinski definition) is 3. The van der Waals surface area contributed by atoms with E-state index in [1.54, 1.807) is 6.07 Å². The summed E-state index contributed by atoms with van der Waals surface area (Å²) in [6, 6.07) is 13.3. The number of aliphatic imine (C=N–C) groups is 1. The van der Waals surface area contributed by atoms with E-state index in [2.05, 4.69) is 21.7 Å². The molecule has 5 nitrogen and oxygen atoms in total. The molecule has 0 amide bonds. The molecule has 158 valence electrons. The average molecular weight is 512 g/mol. The Labute approximate surface area is 189 Å². The predicted octanol–water partition coefficient (Wildman–Crippen LogP) is 3.56. The van der Waals surface area contributed by atoms with Gasteiger partial charge in [0.05, 0.1) is 13.1 Å². The molecule has 7 heteroatoms. The summed E-state index contributed by atoms with van der Waals surface area (Å²) in [5, 5.41) is 6.61. The lowest BCUT2D eigenvalue weighted by molar-refractivity contribution is 0.235. The van der Waals surface area contributed by atoms with E-state index >= 15 is 0 Å². The molecule has 1 aliphatic rings. The molecule has 2 N–H and O–H groups in total. The van der Waals surface area contributed by atoms with E-state index in [4.69, 9.17) is 4.74 Å². The molecule has 1 atom stereocenters. The van der Waals surface area contributed by atoms with Crippen molar-refractivity contribution in [3.8, 4) is 5.75 Å². The second-order valence-electron chi connectivity index (χ2n) is 7.29. The quantitative estimate of drug-likeness (QED) is 0.339. The van der Waals surface area contributed by atoms with E-state index in [9.17, 15) is 4.39 Å². The van der Waals surface area contributed by atoms with Crippen LogP contribution in [0.4, 0.5) is 4.39 Å². The molecule has 2 aromatic carbocycles. The van der Waals surface area contributed by atoms with Crippen LogP contribution in [-0.4, -0.2) is 44.1 Å². The van der Waals surface area contributed by atoms with Gasteiger partial charge in [-0.15, -0.1) is 24.0 Å². The van der Waals surface area contributed by atoms with Gasteiger partial charge in [-0.1, -0.05) is 24.3 Å². The van der Waals surface area contributed by atoms with Gasteiger partial charge in [0.2, 0.25) is 0 Å². The summed E-state index contributed by atoms with van der Waals surface area (Å²) in [6.07, 6.45) is 0.993. The maximum absolute atomic E-state index is 14.0. The van der Waals surface area contributed by atoms with Crippen LogP contribution in [0.2, 0.25) is 0 Å². The molecule has 0 bridgehead atoms. The monoisotopic (exact) mass is 512 g/mol. The van der Waals surface area contributed by atoms with Crippen molar-refractivity contribution in [1.29, 1.82) is 0 Å². The average Bonchev–Trinajstić information content (AvgIpc) is 3.09. The Morgan fingerprint density at radius 2 is 2.00 bits per heavy atom. The summed E-state index contributed by atoms with van der Waals surface area (Å²) in [5.74, 6) is 1.53. The smallest absolute Gasteiger partial charge is 0.191 e. The Kier molecular flexibility index (Phi) is 9.16. The second kappa shape index (κ2) is 11.3. The van der Waals surface area contributed by atoms with E-state index in [1.165, 1.54) is 11.6 Å². The Morgan fingerprint density at radius 3 is 2.72 bits per heavy atom. The van der Waals surface area contributed by atoms with E-state index in [-0.39, 0.29) is 35.9 Å². The van der Waals surface area contributed by atoms with Crippen LogP contribution in [0.15, 0.2) is 47.5 Å². The Balaban J connectivity index is 0.00000300. The fourth-order valence-corrected chi connectivity index (χ4v) is 3.28. The molecule has 0 radical (unpaired) electrons. The highest BCUT2D eigenvalue weighted by Gasteiger charge is 2.22. The van der Waals surface area contributed by atoms with E-state index < -0.39 is 0 Å². The van der Waals surface area contributed by atoms with Crippen LogP contribution in [0.5, 0.6) is 5.75 Å². The van der Waals surface area contributed by atoms with Gasteiger partial charge in [0, 0.05) is 25.1 Å². The maximum Gasteiger partial charge on any atom is 0.191 e. The van der Waals surface area contributed by atoms with Crippen molar-refractivity contribution < 1.29 is 9.13 Å². The van der Waals surface area contributed by atoms with Gasteiger partial charge in [-0.05, 0) is 50.3 Å². The number of guanidine groups is 1. The minimum Gasteiger partial charge on any atom is -0.488 e. The van der Waals surface area contributed by atoms with Gasteiger partial charge in [0.25, 0.3) is 0 Å². The number of hydrogen-bond donors (Lipinski definition) is 2. The molecule has 1 heterocycles. The zero-order valence-electron chi connectivity index (χ0n) is 17.2. The summed E-state index contributed by atoms with van der Waals surface area (Å²) < 4.78 is 19.9. The van der Waals surface area contributed by atoms with Gasteiger partial charge in [0.15, 0.2) is 5.96 Å². The molecule has 29 heavy (non-hydrogen) atoms. The number of benzene rings is 2. The molecule has 1 aliphatic heterocycles. The zero-order chi connectivity index (χ0) is 19.9. The van der Waals surface area contributed by atoms with Crippen LogP contribution in [0.3, 0.4) is 0 Å². The zero-order valence-corrected chi connectivity index (χ0v) is 19.6. The fraction of sp³-hybridized carbons (Fsp3) is 0.409. The van der Waals surface area contributed by atoms with Crippen LogP contribution < -0.4 is 15.4 Å². The number of para-hydroxylation sites is 1. The number of fused-ring (bicyclic) bond motifs is 1. The van der Waals surface area contributed by atoms with Gasteiger partial charge in [-0.2, -0.15) is 0 Å². The van der Waals surface area contributed by atoms with Crippen LogP contribution in [0.1, 0.15) is 23.6 Å². The molecule has 2 aromatic rings. The van der Waals surface area contributed by atoms with Crippen molar-refractivity contribution in [3.05, 3.63) is 65.0 Å². The number of nitrogens with one attached hydrogen (secondary N) is 2. The third kappa shape index (κ3) is 6.85. The number of nitrogens with zero attached hydrogens (tertiary/aromatic N) is 2. The first-order chi connectivity index (χ1) is 13.5. The SMILES string of the molecule is CCNC(=NCc1ccc(F)c(CN(C)C)c1)NCC1Cc2ccccc2O1.I. The number of ether oxygens (including phenoxy) is 1. The first kappa shape index (κ1) is 23.4. The van der Waals surface area contributed by atoms with Gasteiger partial charge < -0.3 is 20.3 Å².